The Bertz CT molecular complexity index is 1350. The van der Waals surface area contributed by atoms with E-state index >= 15 is 0 Å². The van der Waals surface area contributed by atoms with Crippen molar-refractivity contribution < 1.29 is 33.8 Å². The fraction of sp³-hybridized carbons (Fsp3) is 0.750. The molecule has 1 amide bonds. The van der Waals surface area contributed by atoms with Gasteiger partial charge in [-0.25, -0.2) is 0 Å². The summed E-state index contributed by atoms with van der Waals surface area (Å²) in [5, 5.41) is 9.73. The number of primary amides is 1. The predicted molar refractivity (Wildman–Crippen MR) is 170 cm³/mol. The van der Waals surface area contributed by atoms with E-state index < -0.39 is 35.9 Å². The van der Waals surface area contributed by atoms with Crippen LogP contribution in [0.2, 0.25) is 0 Å². The van der Waals surface area contributed by atoms with Crippen molar-refractivity contribution in [2.75, 3.05) is 13.2 Å². The maximum Gasteiger partial charge on any atom is 0.303 e. The van der Waals surface area contributed by atoms with Gasteiger partial charge in [-0.1, -0.05) is 47.3 Å². The van der Waals surface area contributed by atoms with Crippen molar-refractivity contribution in [2.24, 2.45) is 67.9 Å². The lowest BCUT2D eigenvalue weighted by atomic mass is 9.43. The molecule has 9 heteroatoms. The van der Waals surface area contributed by atoms with Gasteiger partial charge in [0.05, 0.1) is 0 Å². The van der Waals surface area contributed by atoms with Crippen molar-refractivity contribution in [3.05, 3.63) is 24.3 Å². The molecule has 248 valence electrons. The molecule has 5 aliphatic carbocycles. The summed E-state index contributed by atoms with van der Waals surface area (Å²) in [6.07, 6.45) is 8.83. The van der Waals surface area contributed by atoms with Gasteiger partial charge in [-0.3, -0.25) is 24.2 Å². The number of ether oxygens (including phenoxy) is 2. The molecule has 2 spiro atoms. The average molecular weight is 625 g/mol. The second-order valence-electron chi connectivity index (χ2n) is 15.5. The molecule has 45 heavy (non-hydrogen) atoms. The molecule has 4 saturated carbocycles. The van der Waals surface area contributed by atoms with Crippen molar-refractivity contribution in [1.82, 2.24) is 0 Å². The normalized spacial score (nSPS) is 42.2. The molecule has 4 fully saturated rings. The highest BCUT2D eigenvalue weighted by Crippen LogP contribution is 2.87. The second kappa shape index (κ2) is 11.5. The molecular weight excluding hydrogens is 572 g/mol. The molecule has 3 N–H and O–H groups in total. The molecule has 0 unspecified atom stereocenters. The molecule has 9 nitrogen and oxygen atoms in total. The van der Waals surface area contributed by atoms with E-state index in [2.05, 4.69) is 44.5 Å². The largest absolute Gasteiger partial charge is 0.462 e. The van der Waals surface area contributed by atoms with Crippen LogP contribution in [0, 0.1) is 57.2 Å². The summed E-state index contributed by atoms with van der Waals surface area (Å²) >= 11 is 0. The number of Topliss-reactive ketones (excluding diaryl/α,β-unsaturated/α-hetero) is 1. The van der Waals surface area contributed by atoms with Crippen molar-refractivity contribution in [1.29, 1.82) is 0 Å². The Kier molecular flexibility index (Phi) is 8.55. The third-order valence-corrected chi connectivity index (χ3v) is 13.6. The number of hydrogen-bond donors (Lipinski definition) is 2. The highest BCUT2D eigenvalue weighted by molar-refractivity contribution is 6.00. The Balaban J connectivity index is 1.52. The lowest BCUT2D eigenvalue weighted by Gasteiger charge is -2.61. The Morgan fingerprint density at radius 1 is 1.11 bits per heavy atom. The Hall–Kier alpha value is -2.81. The molecular formula is C36H52N2O7. The van der Waals surface area contributed by atoms with Crippen LogP contribution in [0.25, 0.3) is 0 Å². The first-order valence-corrected chi connectivity index (χ1v) is 16.7. The van der Waals surface area contributed by atoms with Crippen LogP contribution in [0.1, 0.15) is 87.0 Å². The second-order valence-corrected chi connectivity index (χ2v) is 15.5. The zero-order valence-corrected chi connectivity index (χ0v) is 28.1. The third kappa shape index (κ3) is 4.94. The predicted octanol–water partition coefficient (Wildman–Crippen LogP) is 4.60. The van der Waals surface area contributed by atoms with E-state index in [-0.39, 0.29) is 64.0 Å². The molecule has 5 aliphatic rings. The zero-order chi connectivity index (χ0) is 33.3. The first-order chi connectivity index (χ1) is 21.0. The van der Waals surface area contributed by atoms with E-state index in [9.17, 15) is 24.3 Å². The molecule has 5 rings (SSSR count). The topological polar surface area (TPSA) is 145 Å². The summed E-state index contributed by atoms with van der Waals surface area (Å²) in [5.74, 6) is -1.79. The average Bonchev–Trinajstić information content (AvgIpc) is 3.57. The van der Waals surface area contributed by atoms with Gasteiger partial charge in [-0.15, -0.1) is 0 Å². The number of fused-ring (bicyclic) bond motifs is 2. The standard InChI is InChI=1S/C36H52N2O7/c1-19(17-39)20(2)31(43)32(45-24(6)41)22(4)30-27(44-23(5)40)15-34(8)28-10-9-25-21(3)26(38-16-29(37)42)11-12-35(25)18-36(28,35)14-13-33(30,34)7/h11-12,19,21-22,25,27-28,30,32,39H,2,9-10,13-18H2,1,3-8H3,(H2,37,42)/t19-,21-,22-,25-,27-,28-,30-,32+,33+,34-,35+,36-/m0/s1. The van der Waals surface area contributed by atoms with Crippen LogP contribution < -0.4 is 5.73 Å². The third-order valence-electron chi connectivity index (χ3n) is 13.6. The van der Waals surface area contributed by atoms with Crippen LogP contribution in [0.4, 0.5) is 0 Å². The van der Waals surface area contributed by atoms with Crippen molar-refractivity contribution in [3.63, 3.8) is 0 Å². The summed E-state index contributed by atoms with van der Waals surface area (Å²) in [5.41, 5.74) is 6.32. The van der Waals surface area contributed by atoms with Gasteiger partial charge >= 0.3 is 11.9 Å². The Morgan fingerprint density at radius 3 is 2.40 bits per heavy atom. The van der Waals surface area contributed by atoms with E-state index in [0.717, 1.165) is 37.8 Å². The number of aliphatic hydroxyl groups is 1. The zero-order valence-electron chi connectivity index (χ0n) is 28.1. The fourth-order valence-electron chi connectivity index (χ4n) is 11.3. The van der Waals surface area contributed by atoms with Crippen molar-refractivity contribution >= 4 is 29.3 Å². The van der Waals surface area contributed by atoms with E-state index in [1.165, 1.54) is 13.8 Å². The van der Waals surface area contributed by atoms with E-state index in [4.69, 9.17) is 15.2 Å². The van der Waals surface area contributed by atoms with Crippen LogP contribution in [0.15, 0.2) is 29.3 Å². The van der Waals surface area contributed by atoms with Gasteiger partial charge in [0.25, 0.3) is 0 Å². The molecule has 0 aromatic carbocycles. The van der Waals surface area contributed by atoms with Crippen LogP contribution in [-0.4, -0.2) is 59.8 Å². The maximum atomic E-state index is 13.8. The van der Waals surface area contributed by atoms with Gasteiger partial charge in [0, 0.05) is 49.8 Å². The minimum atomic E-state index is -1.09. The number of carbonyl (C=O) groups excluding carboxylic acids is 4. The van der Waals surface area contributed by atoms with E-state index in [1.807, 2.05) is 6.92 Å². The maximum absolute atomic E-state index is 13.8. The van der Waals surface area contributed by atoms with Crippen molar-refractivity contribution in [3.8, 4) is 0 Å². The number of hydrogen-bond acceptors (Lipinski definition) is 8. The number of ketones is 1. The highest BCUT2D eigenvalue weighted by atomic mass is 16.6. The summed E-state index contributed by atoms with van der Waals surface area (Å²) < 4.78 is 11.9. The lowest BCUT2D eigenvalue weighted by molar-refractivity contribution is -0.166. The summed E-state index contributed by atoms with van der Waals surface area (Å²) in [7, 11) is 0. The molecule has 0 heterocycles. The SMILES string of the molecule is C=C(C(=O)[C@H](OC(C)=O)[C@@H](C)[C@H]1[C@@H](OC(C)=O)C[C@@]2(C)[C@@H]3CC[C@H]4[C@H](C)C(=NCC(N)=O)C=C[C@@]45C[C@@]35CC[C@]12C)[C@@H](C)CO. The number of carbonyl (C=O) groups is 4. The first-order valence-electron chi connectivity index (χ1n) is 16.7. The summed E-state index contributed by atoms with van der Waals surface area (Å²) in [4.78, 5) is 54.7. The number of amides is 1. The number of nitrogens with two attached hydrogens (primary N) is 1. The van der Waals surface area contributed by atoms with Gasteiger partial charge in [-0.05, 0) is 83.7 Å². The smallest absolute Gasteiger partial charge is 0.303 e. The molecule has 0 aromatic heterocycles. The Labute approximate surface area is 267 Å². The van der Waals surface area contributed by atoms with Gasteiger partial charge in [0.2, 0.25) is 5.91 Å². The summed E-state index contributed by atoms with van der Waals surface area (Å²) in [6.45, 7) is 17.0. The molecule has 0 saturated heterocycles. The number of allylic oxidation sites excluding steroid dienone is 2. The molecule has 0 radical (unpaired) electrons. The minimum Gasteiger partial charge on any atom is -0.462 e. The van der Waals surface area contributed by atoms with Crippen molar-refractivity contribution in [2.45, 2.75) is 99.2 Å². The number of nitrogens with zero attached hydrogens (tertiary/aromatic N) is 1. The van der Waals surface area contributed by atoms with E-state index in [1.54, 1.807) is 6.92 Å². The first kappa shape index (κ1) is 33.6. The van der Waals surface area contributed by atoms with Gasteiger partial charge < -0.3 is 20.3 Å². The quantitative estimate of drug-likeness (QED) is 0.267. The lowest BCUT2D eigenvalue weighted by Crippen LogP contribution is -2.56. The molecule has 0 aliphatic heterocycles. The number of aliphatic imine (C=N–C) groups is 1. The van der Waals surface area contributed by atoms with Gasteiger partial charge in [-0.2, -0.15) is 0 Å². The highest BCUT2D eigenvalue weighted by Gasteiger charge is 2.81. The van der Waals surface area contributed by atoms with Crippen LogP contribution in [0.3, 0.4) is 0 Å². The fourth-order valence-corrected chi connectivity index (χ4v) is 11.3. The van der Waals surface area contributed by atoms with Gasteiger partial charge in [0.1, 0.15) is 12.6 Å². The van der Waals surface area contributed by atoms with Gasteiger partial charge in [0.15, 0.2) is 11.9 Å². The number of esters is 2. The number of aliphatic hydroxyl groups excluding tert-OH is 1. The molecule has 0 bridgehead atoms. The summed E-state index contributed by atoms with van der Waals surface area (Å²) in [6, 6.07) is 0. The Morgan fingerprint density at radius 2 is 1.80 bits per heavy atom. The molecule has 0 aromatic rings. The van der Waals surface area contributed by atoms with E-state index in [0.29, 0.717) is 18.3 Å². The van der Waals surface area contributed by atoms with Crippen LogP contribution in [-0.2, 0) is 28.7 Å². The van der Waals surface area contributed by atoms with Crippen LogP contribution >= 0.6 is 0 Å². The monoisotopic (exact) mass is 624 g/mol. The van der Waals surface area contributed by atoms with Crippen LogP contribution in [0.5, 0.6) is 0 Å². The molecule has 12 atom stereocenters. The number of rotatable bonds is 10. The minimum absolute atomic E-state index is 0.00807.